The van der Waals surface area contributed by atoms with Gasteiger partial charge in [-0.05, 0) is 44.2 Å². The van der Waals surface area contributed by atoms with E-state index in [0.29, 0.717) is 18.1 Å². The summed E-state index contributed by atoms with van der Waals surface area (Å²) in [7, 11) is 2.07. The molecule has 3 aromatic rings. The van der Waals surface area contributed by atoms with E-state index in [9.17, 15) is 4.39 Å². The quantitative estimate of drug-likeness (QED) is 0.773. The zero-order valence-corrected chi connectivity index (χ0v) is 14.2. The van der Waals surface area contributed by atoms with Gasteiger partial charge < -0.3 is 9.88 Å². The Morgan fingerprint density at radius 1 is 1.32 bits per heavy atom. The van der Waals surface area contributed by atoms with Crippen molar-refractivity contribution in [2.24, 2.45) is 0 Å². The summed E-state index contributed by atoms with van der Waals surface area (Å²) in [6.07, 6.45) is 3.99. The molecule has 6 nitrogen and oxygen atoms in total. The van der Waals surface area contributed by atoms with E-state index < -0.39 is 0 Å². The van der Waals surface area contributed by atoms with Gasteiger partial charge in [0.2, 0.25) is 0 Å². The number of H-pyrrole nitrogens is 1. The zero-order chi connectivity index (χ0) is 17.2. The number of hydrogen-bond acceptors (Lipinski definition) is 5. The fraction of sp³-hybridized carbons (Fsp3) is 0.389. The predicted molar refractivity (Wildman–Crippen MR) is 94.8 cm³/mol. The molecule has 1 atom stereocenters. The highest BCUT2D eigenvalue weighted by Crippen LogP contribution is 2.24. The maximum atomic E-state index is 13.8. The van der Waals surface area contributed by atoms with Crippen LogP contribution >= 0.6 is 0 Å². The van der Waals surface area contributed by atoms with Crippen LogP contribution in [0.25, 0.3) is 11.0 Å². The van der Waals surface area contributed by atoms with Gasteiger partial charge >= 0.3 is 0 Å². The number of likely N-dealkylation sites (N-methyl/N-ethyl adjacent to an activating group) is 1. The highest BCUT2D eigenvalue weighted by atomic mass is 19.1. The van der Waals surface area contributed by atoms with Crippen LogP contribution < -0.4 is 4.90 Å². The monoisotopic (exact) mass is 340 g/mol. The topological polar surface area (TPSA) is 60.9 Å². The Kier molecular flexibility index (Phi) is 4.31. The van der Waals surface area contributed by atoms with Crippen molar-refractivity contribution in [2.75, 3.05) is 25.0 Å². The molecule has 1 aliphatic rings. The number of para-hydroxylation sites is 1. The Balaban J connectivity index is 1.44. The van der Waals surface area contributed by atoms with Crippen LogP contribution in [0.4, 0.5) is 10.2 Å². The number of nitrogens with one attached hydrogen (secondary N) is 1. The molecule has 1 aliphatic heterocycles. The average molecular weight is 340 g/mol. The van der Waals surface area contributed by atoms with E-state index in [4.69, 9.17) is 0 Å². The molecule has 1 aromatic carbocycles. The minimum Gasteiger partial charge on any atom is -0.351 e. The van der Waals surface area contributed by atoms with E-state index in [1.54, 1.807) is 12.3 Å². The molecule has 0 amide bonds. The maximum Gasteiger partial charge on any atom is 0.151 e. The highest BCUT2D eigenvalue weighted by molar-refractivity contribution is 5.75. The van der Waals surface area contributed by atoms with Gasteiger partial charge in [-0.15, -0.1) is 5.10 Å². The third kappa shape index (κ3) is 3.32. The van der Waals surface area contributed by atoms with Crippen LogP contribution in [0, 0.1) is 5.82 Å². The Labute approximate surface area is 145 Å². The number of aromatic amines is 1. The first-order valence-electron chi connectivity index (χ1n) is 8.57. The van der Waals surface area contributed by atoms with Gasteiger partial charge in [-0.2, -0.15) is 5.10 Å². The van der Waals surface area contributed by atoms with E-state index in [1.165, 1.54) is 6.07 Å². The van der Waals surface area contributed by atoms with Crippen molar-refractivity contribution in [3.8, 4) is 0 Å². The van der Waals surface area contributed by atoms with Crippen molar-refractivity contribution in [1.82, 2.24) is 25.1 Å². The molecule has 130 valence electrons. The number of imidazole rings is 1. The number of fused-ring (bicyclic) bond motifs is 1. The second kappa shape index (κ2) is 6.76. The van der Waals surface area contributed by atoms with Crippen LogP contribution in [0.5, 0.6) is 0 Å². The maximum absolute atomic E-state index is 13.8. The van der Waals surface area contributed by atoms with Gasteiger partial charge in [0.15, 0.2) is 11.6 Å². The predicted octanol–water partition coefficient (Wildman–Crippen LogP) is 2.59. The van der Waals surface area contributed by atoms with Crippen molar-refractivity contribution in [3.05, 3.63) is 48.2 Å². The molecule has 0 radical (unpaired) electrons. The van der Waals surface area contributed by atoms with E-state index in [1.807, 2.05) is 18.2 Å². The minimum atomic E-state index is -0.285. The van der Waals surface area contributed by atoms with Crippen LogP contribution in [0.1, 0.15) is 18.7 Å². The lowest BCUT2D eigenvalue weighted by molar-refractivity contribution is 0.297. The lowest BCUT2D eigenvalue weighted by Crippen LogP contribution is -2.39. The summed E-state index contributed by atoms with van der Waals surface area (Å²) in [5.74, 6) is 1.43. The summed E-state index contributed by atoms with van der Waals surface area (Å²) in [6.45, 7) is 2.56. The Morgan fingerprint density at radius 3 is 3.04 bits per heavy atom. The highest BCUT2D eigenvalue weighted by Gasteiger charge is 2.27. The molecule has 0 bridgehead atoms. The fourth-order valence-corrected chi connectivity index (χ4v) is 3.58. The molecular formula is C18H21FN6. The van der Waals surface area contributed by atoms with Crippen LogP contribution in [0.3, 0.4) is 0 Å². The van der Waals surface area contributed by atoms with Gasteiger partial charge in [-0.3, -0.25) is 4.90 Å². The smallest absolute Gasteiger partial charge is 0.151 e. The van der Waals surface area contributed by atoms with Gasteiger partial charge in [0, 0.05) is 25.3 Å². The lowest BCUT2D eigenvalue weighted by Gasteiger charge is -2.28. The standard InChI is InChI=1S/C18H21FN6/c1-24(12-16-21-15-7-2-6-14(19)18(15)22-16)11-13-5-4-10-25(13)17-8-3-9-20-23-17/h2-3,6-9,13H,4-5,10-12H2,1H3,(H,21,22)/t13-/m0/s1. The number of halogens is 1. The van der Waals surface area contributed by atoms with Crippen molar-refractivity contribution in [3.63, 3.8) is 0 Å². The summed E-state index contributed by atoms with van der Waals surface area (Å²) in [5.41, 5.74) is 1.15. The number of hydrogen-bond donors (Lipinski definition) is 1. The molecule has 1 saturated heterocycles. The zero-order valence-electron chi connectivity index (χ0n) is 14.2. The van der Waals surface area contributed by atoms with Crippen molar-refractivity contribution in [2.45, 2.75) is 25.4 Å². The Hall–Kier alpha value is -2.54. The van der Waals surface area contributed by atoms with E-state index in [-0.39, 0.29) is 5.82 Å². The third-order valence-corrected chi connectivity index (χ3v) is 4.68. The lowest BCUT2D eigenvalue weighted by atomic mass is 10.2. The second-order valence-corrected chi connectivity index (χ2v) is 6.59. The number of benzene rings is 1. The van der Waals surface area contributed by atoms with Crippen LogP contribution in [-0.2, 0) is 6.54 Å². The molecule has 0 saturated carbocycles. The largest absolute Gasteiger partial charge is 0.351 e. The summed E-state index contributed by atoms with van der Waals surface area (Å²) in [6, 6.07) is 9.32. The second-order valence-electron chi connectivity index (χ2n) is 6.59. The first kappa shape index (κ1) is 16.0. The van der Waals surface area contributed by atoms with Crippen LogP contribution in [-0.4, -0.2) is 51.2 Å². The van der Waals surface area contributed by atoms with Gasteiger partial charge in [0.25, 0.3) is 0 Å². The van der Waals surface area contributed by atoms with Crippen molar-refractivity contribution < 1.29 is 4.39 Å². The summed E-state index contributed by atoms with van der Waals surface area (Å²) in [4.78, 5) is 12.1. The average Bonchev–Trinajstić information content (AvgIpc) is 3.23. The third-order valence-electron chi connectivity index (χ3n) is 4.68. The van der Waals surface area contributed by atoms with Crippen molar-refractivity contribution in [1.29, 1.82) is 0 Å². The normalized spacial score (nSPS) is 17.7. The first-order chi connectivity index (χ1) is 12.2. The van der Waals surface area contributed by atoms with Crippen LogP contribution in [0.15, 0.2) is 36.5 Å². The molecule has 0 unspecified atom stereocenters. The van der Waals surface area contributed by atoms with Crippen LogP contribution in [0.2, 0.25) is 0 Å². The Bertz CT molecular complexity index is 849. The fourth-order valence-electron chi connectivity index (χ4n) is 3.58. The Morgan fingerprint density at radius 2 is 2.24 bits per heavy atom. The summed E-state index contributed by atoms with van der Waals surface area (Å²) < 4.78 is 13.8. The number of nitrogens with zero attached hydrogens (tertiary/aromatic N) is 5. The number of rotatable bonds is 5. The number of aromatic nitrogens is 4. The summed E-state index contributed by atoms with van der Waals surface area (Å²) >= 11 is 0. The minimum absolute atomic E-state index is 0.285. The van der Waals surface area contributed by atoms with Gasteiger partial charge in [-0.1, -0.05) is 6.07 Å². The van der Waals surface area contributed by atoms with E-state index >= 15 is 0 Å². The first-order valence-corrected chi connectivity index (χ1v) is 8.57. The van der Waals surface area contributed by atoms with Crippen molar-refractivity contribution >= 4 is 16.9 Å². The molecule has 1 N–H and O–H groups in total. The number of anilines is 1. The molecule has 25 heavy (non-hydrogen) atoms. The van der Waals surface area contributed by atoms with Gasteiger partial charge in [0.1, 0.15) is 11.3 Å². The molecule has 4 rings (SSSR count). The van der Waals surface area contributed by atoms with E-state index in [0.717, 1.165) is 43.1 Å². The van der Waals surface area contributed by atoms with Gasteiger partial charge in [-0.25, -0.2) is 9.37 Å². The molecule has 0 spiro atoms. The summed E-state index contributed by atoms with van der Waals surface area (Å²) in [5, 5.41) is 8.23. The molecular weight excluding hydrogens is 319 g/mol. The molecule has 3 heterocycles. The molecule has 0 aliphatic carbocycles. The molecule has 2 aromatic heterocycles. The molecule has 1 fully saturated rings. The van der Waals surface area contributed by atoms with E-state index in [2.05, 4.69) is 37.0 Å². The SMILES string of the molecule is CN(Cc1nc2c(F)cccc2[nH]1)C[C@@H]1CCCN1c1cccnn1. The van der Waals surface area contributed by atoms with Gasteiger partial charge in [0.05, 0.1) is 12.1 Å². The molecule has 7 heteroatoms.